The second-order valence-corrected chi connectivity index (χ2v) is 25.1. The molecule has 4 heterocycles. The highest BCUT2D eigenvalue weighted by molar-refractivity contribution is 6.38. The van der Waals surface area contributed by atoms with Gasteiger partial charge in [0.25, 0.3) is 29.5 Å². The van der Waals surface area contributed by atoms with Gasteiger partial charge in [-0.05, 0) is 86.7 Å². The van der Waals surface area contributed by atoms with Gasteiger partial charge in [0.2, 0.25) is 35.3 Å². The summed E-state index contributed by atoms with van der Waals surface area (Å²) in [5, 5.41) is 23.2. The molecule has 8 rings (SSSR count). The van der Waals surface area contributed by atoms with E-state index in [9.17, 15) is 52.7 Å². The number of aromatic nitrogens is 2. The SMILES string of the molecule is CCC[C@H](NC(=O)[C@@H]1C2CCC[C@H]2CN1C(=O)[C@@H](NC[C@@H](NC(=O)c1cnc(C(=O)NCCOCCOCCNC(=O)CCOCCOCCNc2cccc3c2C(=O)N(C2CCC(=O)NC2=O)C3=O)cn1)C1CCCCC1)C(C)(C)C)C(=O)C(=O)NC1CC1. The Morgan fingerprint density at radius 1 is 0.722 bits per heavy atom. The number of ether oxygens (including phenoxy) is 4. The van der Waals surface area contributed by atoms with Crippen LogP contribution < -0.4 is 42.5 Å². The third-order valence-electron chi connectivity index (χ3n) is 17.4. The molecule has 3 aliphatic heterocycles. The van der Waals surface area contributed by atoms with Crippen molar-refractivity contribution in [1.82, 2.24) is 57.0 Å². The van der Waals surface area contributed by atoms with Crippen molar-refractivity contribution < 1.29 is 71.7 Å². The first-order valence-electron chi connectivity index (χ1n) is 32.1. The van der Waals surface area contributed by atoms with Crippen LogP contribution in [0.4, 0.5) is 5.69 Å². The second-order valence-electron chi connectivity index (χ2n) is 25.1. The molecule has 27 nitrogen and oxygen atoms in total. The zero-order valence-electron chi connectivity index (χ0n) is 52.3. The number of hydrogen-bond acceptors (Lipinski definition) is 19. The Hall–Kier alpha value is -7.33. The highest BCUT2D eigenvalue weighted by atomic mass is 16.5. The molecule has 0 spiro atoms. The van der Waals surface area contributed by atoms with E-state index in [4.69, 9.17) is 18.9 Å². The molecule has 27 heteroatoms. The van der Waals surface area contributed by atoms with E-state index in [0.717, 1.165) is 69.1 Å². The predicted molar refractivity (Wildman–Crippen MR) is 325 cm³/mol. The van der Waals surface area contributed by atoms with Crippen molar-refractivity contribution in [1.29, 1.82) is 0 Å². The van der Waals surface area contributed by atoms with Crippen molar-refractivity contribution in [2.24, 2.45) is 23.2 Å². The van der Waals surface area contributed by atoms with Crippen LogP contribution in [-0.2, 0) is 52.5 Å². The quantitative estimate of drug-likeness (QED) is 0.0277. The number of likely N-dealkylation sites (tertiary alicyclic amines) is 1. The Morgan fingerprint density at radius 2 is 1.39 bits per heavy atom. The number of piperidine rings is 1. The van der Waals surface area contributed by atoms with E-state index in [1.807, 2.05) is 27.7 Å². The number of hydrogen-bond donors (Lipinski definition) is 8. The van der Waals surface area contributed by atoms with Crippen LogP contribution in [0, 0.1) is 23.2 Å². The molecule has 10 amide bonds. The van der Waals surface area contributed by atoms with Gasteiger partial charge in [-0.25, -0.2) is 9.97 Å². The lowest BCUT2D eigenvalue weighted by molar-refractivity contribution is -0.145. The first-order chi connectivity index (χ1) is 43.3. The largest absolute Gasteiger partial charge is 0.382 e. The molecule has 5 fully saturated rings. The van der Waals surface area contributed by atoms with E-state index in [-0.39, 0.29) is 156 Å². The smallest absolute Gasteiger partial charge is 0.289 e. The summed E-state index contributed by atoms with van der Waals surface area (Å²) in [5.41, 5.74) is 0.203. The summed E-state index contributed by atoms with van der Waals surface area (Å²) in [5.74, 6) is -5.28. The third-order valence-corrected chi connectivity index (χ3v) is 17.4. The third kappa shape index (κ3) is 18.7. The number of ketones is 1. The summed E-state index contributed by atoms with van der Waals surface area (Å²) in [6.07, 6.45) is 12.7. The summed E-state index contributed by atoms with van der Waals surface area (Å²) in [6, 6.07) is 0.870. The van der Waals surface area contributed by atoms with Crippen molar-refractivity contribution in [3.8, 4) is 0 Å². The molecule has 90 heavy (non-hydrogen) atoms. The van der Waals surface area contributed by atoms with Crippen LogP contribution in [0.15, 0.2) is 30.6 Å². The number of benzene rings is 1. The van der Waals surface area contributed by atoms with E-state index in [1.165, 1.54) is 18.5 Å². The molecule has 2 aromatic rings. The lowest BCUT2D eigenvalue weighted by atomic mass is 9.82. The van der Waals surface area contributed by atoms with E-state index >= 15 is 0 Å². The maximum Gasteiger partial charge on any atom is 0.289 e. The molecule has 2 unspecified atom stereocenters. The Bertz CT molecular complexity index is 2890. The molecule has 3 saturated carbocycles. The van der Waals surface area contributed by atoms with Crippen LogP contribution in [0.5, 0.6) is 0 Å². The van der Waals surface area contributed by atoms with E-state index in [2.05, 4.69) is 52.5 Å². The number of rotatable bonds is 35. The van der Waals surface area contributed by atoms with Gasteiger partial charge >= 0.3 is 0 Å². The van der Waals surface area contributed by atoms with E-state index in [0.29, 0.717) is 31.6 Å². The average Bonchev–Trinajstić information content (AvgIpc) is 1.62. The predicted octanol–water partition coefficient (Wildman–Crippen LogP) is 1.74. The zero-order chi connectivity index (χ0) is 64.3. The molecule has 1 aromatic heterocycles. The fourth-order valence-corrected chi connectivity index (χ4v) is 12.6. The molecule has 0 radical (unpaired) electrons. The van der Waals surface area contributed by atoms with Gasteiger partial charge in [-0.2, -0.15) is 0 Å². The van der Waals surface area contributed by atoms with Crippen LogP contribution in [0.2, 0.25) is 0 Å². The van der Waals surface area contributed by atoms with Gasteiger partial charge in [0.1, 0.15) is 23.5 Å². The molecule has 1 aromatic carbocycles. The monoisotopic (exact) mass is 1250 g/mol. The molecular formula is C63H90N12O15. The van der Waals surface area contributed by atoms with Crippen molar-refractivity contribution in [2.75, 3.05) is 90.9 Å². The standard InChI is InChI=1S/C63H90N12O15/c1-5-11-44(53(78)59(83)70-40-18-19-40)71-58(82)52-41-15-9-14-39(41)37-74(52)62(86)54(63(2,3)4)69-34-45(38-12-7-6-8-13-38)72-56(80)47-36-67-46(35-68-47)55(79)66-25-29-90-33-32-89-28-24-65-49(76)22-26-87-30-31-88-27-23-64-43-17-10-16-42-51(43)61(85)75(60(42)84)48-20-21-50(77)73-57(48)81/h10,16-17,35-36,38-41,44-45,48,52,54,64,69H,5-9,11-15,18-34,37H2,1-4H3,(H,65,76)(H,66,79)(H,70,83)(H,71,82)(H,72,80)(H,73,77,81)/t39-,41?,44-,45+,48?,52-,54+/m0/s1. The summed E-state index contributed by atoms with van der Waals surface area (Å²) >= 11 is 0. The first kappa shape index (κ1) is 68.6. The molecule has 0 bridgehead atoms. The fourth-order valence-electron chi connectivity index (χ4n) is 12.6. The topological polar surface area (TPSA) is 353 Å². The Labute approximate surface area is 524 Å². The maximum atomic E-state index is 14.9. The van der Waals surface area contributed by atoms with Gasteiger partial charge in [-0.1, -0.05) is 65.9 Å². The zero-order valence-corrected chi connectivity index (χ0v) is 52.3. The number of anilines is 1. The molecule has 7 atom stereocenters. The number of fused-ring (bicyclic) bond motifs is 2. The normalized spacial score (nSPS) is 21.0. The second kappa shape index (κ2) is 33.1. The van der Waals surface area contributed by atoms with Gasteiger partial charge in [-0.15, -0.1) is 0 Å². The molecule has 8 N–H and O–H groups in total. The van der Waals surface area contributed by atoms with Gasteiger partial charge < -0.3 is 61.1 Å². The van der Waals surface area contributed by atoms with Gasteiger partial charge in [0.05, 0.1) is 88.5 Å². The maximum absolute atomic E-state index is 14.9. The minimum atomic E-state index is -1.05. The minimum Gasteiger partial charge on any atom is -0.382 e. The number of carbonyl (C=O) groups excluding carboxylic acids is 11. The minimum absolute atomic E-state index is 0.00354. The Kier molecular flexibility index (Phi) is 25.2. The molecule has 6 aliphatic rings. The van der Waals surface area contributed by atoms with Crippen molar-refractivity contribution in [2.45, 2.75) is 160 Å². The van der Waals surface area contributed by atoms with Crippen LogP contribution in [0.1, 0.15) is 166 Å². The van der Waals surface area contributed by atoms with Gasteiger partial charge in [0, 0.05) is 63.3 Å². The average molecular weight is 1260 g/mol. The summed E-state index contributed by atoms with van der Waals surface area (Å²) in [4.78, 5) is 156. The van der Waals surface area contributed by atoms with Crippen molar-refractivity contribution in [3.63, 3.8) is 0 Å². The van der Waals surface area contributed by atoms with Gasteiger partial charge in [0.15, 0.2) is 0 Å². The Morgan fingerprint density at radius 3 is 2.04 bits per heavy atom. The molecule has 2 saturated heterocycles. The van der Waals surface area contributed by atoms with E-state index < -0.39 is 82.6 Å². The van der Waals surface area contributed by atoms with Crippen molar-refractivity contribution >= 4 is 70.5 Å². The molecule has 3 aliphatic carbocycles. The Balaban J connectivity index is 0.678. The van der Waals surface area contributed by atoms with Crippen LogP contribution in [0.3, 0.4) is 0 Å². The highest BCUT2D eigenvalue weighted by Gasteiger charge is 2.52. The van der Waals surface area contributed by atoms with Crippen molar-refractivity contribution in [3.05, 3.63) is 53.1 Å². The summed E-state index contributed by atoms with van der Waals surface area (Å²) in [6.45, 7) is 11.1. The number of nitrogens with zero attached hydrogens (tertiary/aromatic N) is 4. The summed E-state index contributed by atoms with van der Waals surface area (Å²) in [7, 11) is 0. The molecule has 492 valence electrons. The van der Waals surface area contributed by atoms with Gasteiger partial charge in [-0.3, -0.25) is 63.0 Å². The lowest BCUT2D eigenvalue weighted by Gasteiger charge is -2.38. The fraction of sp³-hybridized carbons (Fsp3) is 0.667. The lowest BCUT2D eigenvalue weighted by Crippen LogP contribution is -2.60. The van der Waals surface area contributed by atoms with Crippen LogP contribution in [-0.4, -0.2) is 206 Å². The number of nitrogens with one attached hydrogen (secondary N) is 8. The number of carbonyl (C=O) groups is 11. The highest BCUT2D eigenvalue weighted by Crippen LogP contribution is 2.43. The summed E-state index contributed by atoms with van der Waals surface area (Å²) < 4.78 is 22.2. The van der Waals surface area contributed by atoms with Crippen LogP contribution >= 0.6 is 0 Å². The number of amides is 10. The van der Waals surface area contributed by atoms with Crippen LogP contribution in [0.25, 0.3) is 0 Å². The molecular weight excluding hydrogens is 1160 g/mol. The number of Topliss-reactive ketones (excluding diaryl/α,β-unsaturated/α-hetero) is 1. The first-order valence-corrected chi connectivity index (χ1v) is 32.1. The number of imide groups is 2. The van der Waals surface area contributed by atoms with E-state index in [1.54, 1.807) is 17.0 Å².